The lowest BCUT2D eigenvalue weighted by molar-refractivity contribution is 0.451. The summed E-state index contributed by atoms with van der Waals surface area (Å²) < 4.78 is 0. The molecule has 12 nitrogen and oxygen atoms in total. The van der Waals surface area contributed by atoms with Crippen LogP contribution in [0.2, 0.25) is 0 Å². The monoisotopic (exact) mass is 585 g/mol. The number of diazo groups is 1. The molecule has 0 unspecified atom stereocenters. The van der Waals surface area contributed by atoms with Crippen molar-refractivity contribution in [3.8, 4) is 34.5 Å². The van der Waals surface area contributed by atoms with Gasteiger partial charge in [0.1, 0.15) is 11.6 Å². The molecule has 12 heteroatoms. The number of H-pyrrole nitrogens is 2. The van der Waals surface area contributed by atoms with Crippen LogP contribution < -0.4 is 11.1 Å². The van der Waals surface area contributed by atoms with Crippen molar-refractivity contribution in [3.63, 3.8) is 0 Å². The van der Waals surface area contributed by atoms with E-state index in [1.165, 1.54) is 0 Å². The van der Waals surface area contributed by atoms with Crippen LogP contribution in [0.3, 0.4) is 0 Å². The van der Waals surface area contributed by atoms with Crippen molar-refractivity contribution in [1.82, 2.24) is 19.9 Å². The summed E-state index contributed by atoms with van der Waals surface area (Å²) in [4.78, 5) is 38.9. The Labute approximate surface area is 250 Å². The molecule has 6 aromatic rings. The summed E-state index contributed by atoms with van der Waals surface area (Å²) in [6.07, 6.45) is 0. The first-order valence-corrected chi connectivity index (χ1v) is 13.0. The van der Waals surface area contributed by atoms with Gasteiger partial charge in [-0.05, 0) is 12.1 Å². The van der Waals surface area contributed by atoms with Crippen LogP contribution in [0.5, 0.6) is 11.8 Å². The van der Waals surface area contributed by atoms with Gasteiger partial charge in [-0.25, -0.2) is 0 Å². The van der Waals surface area contributed by atoms with E-state index in [4.69, 9.17) is 10.5 Å². The second kappa shape index (κ2) is 15.3. The maximum atomic E-state index is 12.0. The number of aromatic amines is 2. The van der Waals surface area contributed by atoms with Gasteiger partial charge in [0.05, 0.1) is 11.8 Å². The van der Waals surface area contributed by atoms with Crippen LogP contribution in [-0.4, -0.2) is 30.1 Å². The third kappa shape index (κ3) is 8.88. The molecule has 4 aromatic carbocycles. The second-order valence-corrected chi connectivity index (χ2v) is 8.74. The topological polar surface area (TPSA) is 185 Å². The van der Waals surface area contributed by atoms with Gasteiger partial charge < -0.3 is 20.2 Å². The lowest BCUT2D eigenvalue weighted by Crippen LogP contribution is -2.08. The minimum Gasteiger partial charge on any atom is -0.493 e. The molecule has 216 valence electrons. The number of nitrogens with one attached hydrogen (secondary N) is 2. The standard InChI is InChI=1S/C16H12N4O2.C10H8N2O2.C6H5N2/c21-15-13(20-19-12-9-5-2-6-10-12)16(22)18-14(17-15)11-7-3-1-4-8-11;13-8-6-9(14)12-10(11-8)7-4-2-1-3-5-7;7-8-6-4-2-1-3-5-6/h1-10H,(H2,17,18,21,22);1-6H,(H2,11,12,13,14);1-5H/q;;+1. The smallest absolute Gasteiger partial charge is 0.385 e. The Bertz CT molecular complexity index is 1980. The van der Waals surface area contributed by atoms with E-state index in [1.807, 2.05) is 60.7 Å². The van der Waals surface area contributed by atoms with E-state index < -0.39 is 11.4 Å². The molecule has 2 heterocycles. The van der Waals surface area contributed by atoms with E-state index in [0.29, 0.717) is 22.8 Å². The summed E-state index contributed by atoms with van der Waals surface area (Å²) in [6, 6.07) is 37.1. The van der Waals surface area contributed by atoms with Gasteiger partial charge in [-0.2, -0.15) is 15.1 Å². The molecular formula is C32H25N8O4+. The largest absolute Gasteiger partial charge is 0.493 e. The van der Waals surface area contributed by atoms with Crippen molar-refractivity contribution < 1.29 is 10.2 Å². The Morgan fingerprint density at radius 3 is 1.61 bits per heavy atom. The molecule has 0 saturated heterocycles. The van der Waals surface area contributed by atoms with Gasteiger partial charge >= 0.3 is 5.69 Å². The van der Waals surface area contributed by atoms with Gasteiger partial charge in [0.15, 0.2) is 4.98 Å². The number of hydrogen-bond acceptors (Lipinski definition) is 9. The lowest BCUT2D eigenvalue weighted by Gasteiger charge is -2.02. The Balaban J connectivity index is 0.000000170. The number of rotatable bonds is 4. The molecule has 0 fully saturated rings. The van der Waals surface area contributed by atoms with Crippen molar-refractivity contribution in [3.05, 3.63) is 153 Å². The van der Waals surface area contributed by atoms with Crippen molar-refractivity contribution in [2.24, 2.45) is 10.2 Å². The minimum atomic E-state index is -0.550. The van der Waals surface area contributed by atoms with E-state index in [0.717, 1.165) is 11.6 Å². The third-order valence-electron chi connectivity index (χ3n) is 5.59. The van der Waals surface area contributed by atoms with Crippen LogP contribution in [0.25, 0.3) is 27.8 Å². The maximum absolute atomic E-state index is 12.0. The summed E-state index contributed by atoms with van der Waals surface area (Å²) in [5, 5.41) is 34.9. The van der Waals surface area contributed by atoms with Gasteiger partial charge in [0.2, 0.25) is 22.8 Å². The highest BCUT2D eigenvalue weighted by Crippen LogP contribution is 2.24. The number of azo groups is 1. The van der Waals surface area contributed by atoms with Gasteiger partial charge in [-0.15, -0.1) is 5.11 Å². The first-order valence-electron chi connectivity index (χ1n) is 13.0. The van der Waals surface area contributed by atoms with E-state index in [1.54, 1.807) is 60.7 Å². The van der Waals surface area contributed by atoms with Gasteiger partial charge in [0.25, 0.3) is 11.1 Å². The SMILES string of the molecule is N#[N+]c1ccccc1.O=c1[nH]c(-c2ccccc2)nc(O)c1N=Nc1ccccc1.O=c1cc(O)nc(-c2ccccc2)[nH]1. The molecule has 0 radical (unpaired) electrons. The molecule has 6 rings (SSSR count). The highest BCUT2D eigenvalue weighted by atomic mass is 16.3. The van der Waals surface area contributed by atoms with Gasteiger partial charge in [-0.3, -0.25) is 9.59 Å². The summed E-state index contributed by atoms with van der Waals surface area (Å²) >= 11 is 0. The molecule has 44 heavy (non-hydrogen) atoms. The number of aromatic hydroxyl groups is 2. The third-order valence-corrected chi connectivity index (χ3v) is 5.59. The van der Waals surface area contributed by atoms with Crippen LogP contribution in [0, 0.1) is 5.39 Å². The van der Waals surface area contributed by atoms with Crippen LogP contribution in [0.1, 0.15) is 0 Å². The number of nitrogens with zero attached hydrogens (tertiary/aromatic N) is 6. The highest BCUT2D eigenvalue weighted by molar-refractivity contribution is 5.58. The van der Waals surface area contributed by atoms with E-state index in [9.17, 15) is 14.7 Å². The molecule has 0 spiro atoms. The molecule has 0 aliphatic heterocycles. The van der Waals surface area contributed by atoms with E-state index in [2.05, 4.69) is 35.1 Å². The molecule has 0 amide bonds. The van der Waals surface area contributed by atoms with Gasteiger partial charge in [-0.1, -0.05) is 97.1 Å². The summed E-state index contributed by atoms with van der Waals surface area (Å²) in [6.45, 7) is 0. The number of aromatic nitrogens is 4. The number of benzene rings is 4. The fourth-order valence-corrected chi connectivity index (χ4v) is 3.55. The van der Waals surface area contributed by atoms with E-state index in [-0.39, 0.29) is 23.0 Å². The van der Waals surface area contributed by atoms with Crippen molar-refractivity contribution in [1.29, 1.82) is 5.39 Å². The zero-order valence-corrected chi connectivity index (χ0v) is 23.0. The Kier molecular flexibility index (Phi) is 10.5. The average molecular weight is 586 g/mol. The van der Waals surface area contributed by atoms with Crippen molar-refractivity contribution in [2.75, 3.05) is 0 Å². The molecule has 0 aliphatic carbocycles. The zero-order valence-electron chi connectivity index (χ0n) is 23.0. The second-order valence-electron chi connectivity index (χ2n) is 8.74. The summed E-state index contributed by atoms with van der Waals surface area (Å²) in [7, 11) is 0. The zero-order chi connectivity index (χ0) is 31.1. The molecule has 0 bridgehead atoms. The number of hydrogen-bond donors (Lipinski definition) is 4. The fraction of sp³-hybridized carbons (Fsp3) is 0. The maximum Gasteiger partial charge on any atom is 0.385 e. The average Bonchev–Trinajstić information content (AvgIpc) is 3.06. The van der Waals surface area contributed by atoms with Crippen LogP contribution in [0.4, 0.5) is 17.1 Å². The Morgan fingerprint density at radius 1 is 0.636 bits per heavy atom. The minimum absolute atomic E-state index is 0.219. The summed E-state index contributed by atoms with van der Waals surface area (Å²) in [5.41, 5.74) is 1.49. The van der Waals surface area contributed by atoms with Crippen molar-refractivity contribution in [2.45, 2.75) is 0 Å². The lowest BCUT2D eigenvalue weighted by atomic mass is 10.2. The molecule has 0 saturated carbocycles. The fourth-order valence-electron chi connectivity index (χ4n) is 3.55. The predicted octanol–water partition coefficient (Wildman–Crippen LogP) is 6.87. The van der Waals surface area contributed by atoms with E-state index >= 15 is 0 Å². The summed E-state index contributed by atoms with van der Waals surface area (Å²) in [5.74, 6) is -0.0766. The van der Waals surface area contributed by atoms with Crippen LogP contribution >= 0.6 is 0 Å². The Morgan fingerprint density at radius 2 is 1.14 bits per heavy atom. The molecule has 2 aromatic heterocycles. The van der Waals surface area contributed by atoms with Crippen LogP contribution in [-0.2, 0) is 0 Å². The predicted molar refractivity (Wildman–Crippen MR) is 166 cm³/mol. The normalized spacial score (nSPS) is 10.1. The van der Waals surface area contributed by atoms with Gasteiger partial charge in [0, 0.05) is 23.3 Å². The molecule has 0 atom stereocenters. The first-order chi connectivity index (χ1) is 21.4. The molecular weight excluding hydrogens is 560 g/mol. The molecule has 4 N–H and O–H groups in total. The first kappa shape index (κ1) is 30.2. The quantitative estimate of drug-likeness (QED) is 0.128. The molecule has 0 aliphatic rings. The highest BCUT2D eigenvalue weighted by Gasteiger charge is 2.11. The van der Waals surface area contributed by atoms with Crippen LogP contribution in [0.15, 0.2) is 147 Å². The Hall–Kier alpha value is -6.74. The van der Waals surface area contributed by atoms with Crippen molar-refractivity contribution >= 4 is 17.1 Å².